The second-order valence-electron chi connectivity index (χ2n) is 3.74. The topological polar surface area (TPSA) is 75.4 Å². The Morgan fingerprint density at radius 1 is 1.50 bits per heavy atom. The van der Waals surface area contributed by atoms with E-state index < -0.39 is 0 Å². The molecule has 72 valence electrons. The highest BCUT2D eigenvalue weighted by Crippen LogP contribution is 2.25. The Labute approximate surface area is 73.1 Å². The summed E-state index contributed by atoms with van der Waals surface area (Å²) in [6.07, 6.45) is 1.99. The molecule has 0 aromatic rings. The number of hydrogen-bond donors (Lipinski definition) is 3. The Morgan fingerprint density at radius 3 is 2.50 bits per heavy atom. The second-order valence-corrected chi connectivity index (χ2v) is 3.74. The SMILES string of the molecule is CC(C)(CCN)CCC(=O)NO. The fourth-order valence-electron chi connectivity index (χ4n) is 1.02. The van der Waals surface area contributed by atoms with E-state index in [1.165, 1.54) is 0 Å². The molecule has 0 aromatic heterocycles. The zero-order valence-corrected chi connectivity index (χ0v) is 7.76. The van der Waals surface area contributed by atoms with Gasteiger partial charge in [0.25, 0.3) is 0 Å². The van der Waals surface area contributed by atoms with Gasteiger partial charge in [0.1, 0.15) is 0 Å². The van der Waals surface area contributed by atoms with E-state index in [0.29, 0.717) is 13.0 Å². The number of carbonyl (C=O) groups is 1. The second kappa shape index (κ2) is 5.11. The molecular weight excluding hydrogens is 156 g/mol. The van der Waals surface area contributed by atoms with Gasteiger partial charge in [0.15, 0.2) is 0 Å². The van der Waals surface area contributed by atoms with Crippen LogP contribution in [0, 0.1) is 5.41 Å². The van der Waals surface area contributed by atoms with Crippen LogP contribution in [0.15, 0.2) is 0 Å². The quantitative estimate of drug-likeness (QED) is 0.423. The Kier molecular flexibility index (Phi) is 4.85. The third-order valence-electron chi connectivity index (χ3n) is 1.97. The smallest absolute Gasteiger partial charge is 0.243 e. The summed E-state index contributed by atoms with van der Waals surface area (Å²) in [5.74, 6) is -0.333. The van der Waals surface area contributed by atoms with E-state index in [9.17, 15) is 4.79 Å². The number of nitrogens with one attached hydrogen (secondary N) is 1. The molecule has 12 heavy (non-hydrogen) atoms. The van der Waals surface area contributed by atoms with Gasteiger partial charge in [-0.15, -0.1) is 0 Å². The first kappa shape index (κ1) is 11.4. The van der Waals surface area contributed by atoms with E-state index in [1.807, 2.05) is 0 Å². The van der Waals surface area contributed by atoms with Gasteiger partial charge < -0.3 is 5.73 Å². The summed E-state index contributed by atoms with van der Waals surface area (Å²) in [5.41, 5.74) is 7.10. The van der Waals surface area contributed by atoms with E-state index >= 15 is 0 Å². The number of nitrogens with two attached hydrogens (primary N) is 1. The molecule has 0 aliphatic rings. The van der Waals surface area contributed by atoms with Crippen LogP contribution in [0.25, 0.3) is 0 Å². The lowest BCUT2D eigenvalue weighted by Crippen LogP contribution is -2.23. The van der Waals surface area contributed by atoms with Crippen LogP contribution in [0.3, 0.4) is 0 Å². The Bertz CT molecular complexity index is 146. The number of hydrogen-bond acceptors (Lipinski definition) is 3. The van der Waals surface area contributed by atoms with Gasteiger partial charge >= 0.3 is 0 Å². The highest BCUT2D eigenvalue weighted by molar-refractivity contribution is 5.74. The van der Waals surface area contributed by atoms with E-state index in [2.05, 4.69) is 13.8 Å². The number of amides is 1. The van der Waals surface area contributed by atoms with Gasteiger partial charge in [0.2, 0.25) is 5.91 Å². The highest BCUT2D eigenvalue weighted by Gasteiger charge is 2.17. The molecule has 0 saturated heterocycles. The van der Waals surface area contributed by atoms with E-state index in [-0.39, 0.29) is 11.3 Å². The molecule has 4 nitrogen and oxygen atoms in total. The monoisotopic (exact) mass is 174 g/mol. The third-order valence-corrected chi connectivity index (χ3v) is 1.97. The maximum Gasteiger partial charge on any atom is 0.243 e. The van der Waals surface area contributed by atoms with Crippen molar-refractivity contribution in [1.29, 1.82) is 0 Å². The molecular formula is C8H18N2O2. The zero-order chi connectivity index (χ0) is 9.61. The summed E-state index contributed by atoms with van der Waals surface area (Å²) < 4.78 is 0. The first-order valence-electron chi connectivity index (χ1n) is 4.15. The summed E-state index contributed by atoms with van der Waals surface area (Å²) in [7, 11) is 0. The fraction of sp³-hybridized carbons (Fsp3) is 0.875. The summed E-state index contributed by atoms with van der Waals surface area (Å²) in [6, 6.07) is 0. The predicted molar refractivity (Wildman–Crippen MR) is 46.6 cm³/mol. The molecule has 0 unspecified atom stereocenters. The van der Waals surface area contributed by atoms with Crippen molar-refractivity contribution >= 4 is 5.91 Å². The Morgan fingerprint density at radius 2 is 2.08 bits per heavy atom. The average molecular weight is 174 g/mol. The van der Waals surface area contributed by atoms with Crippen LogP contribution in [0.5, 0.6) is 0 Å². The van der Waals surface area contributed by atoms with Crippen LogP contribution in [-0.4, -0.2) is 17.7 Å². The van der Waals surface area contributed by atoms with Crippen molar-refractivity contribution in [2.24, 2.45) is 11.1 Å². The summed E-state index contributed by atoms with van der Waals surface area (Å²) in [6.45, 7) is 4.75. The normalized spacial score (nSPS) is 11.3. The molecule has 0 saturated carbocycles. The van der Waals surface area contributed by atoms with E-state index in [0.717, 1.165) is 12.8 Å². The van der Waals surface area contributed by atoms with Crippen LogP contribution in [0.4, 0.5) is 0 Å². The maximum atomic E-state index is 10.7. The zero-order valence-electron chi connectivity index (χ0n) is 7.76. The van der Waals surface area contributed by atoms with Crippen molar-refractivity contribution in [3.05, 3.63) is 0 Å². The van der Waals surface area contributed by atoms with Crippen LogP contribution < -0.4 is 11.2 Å². The number of rotatable bonds is 5. The largest absolute Gasteiger partial charge is 0.330 e. The van der Waals surface area contributed by atoms with Crippen molar-refractivity contribution in [1.82, 2.24) is 5.48 Å². The molecule has 0 spiro atoms. The number of hydroxylamine groups is 1. The molecule has 0 aliphatic heterocycles. The van der Waals surface area contributed by atoms with Crippen molar-refractivity contribution in [2.75, 3.05) is 6.54 Å². The van der Waals surface area contributed by atoms with Crippen LogP contribution >= 0.6 is 0 Å². The minimum absolute atomic E-state index is 0.0846. The molecule has 0 fully saturated rings. The molecule has 4 heteroatoms. The van der Waals surface area contributed by atoms with Crippen molar-refractivity contribution < 1.29 is 10.0 Å². The standard InChI is InChI=1S/C8H18N2O2/c1-8(2,5-6-9)4-3-7(11)10-12/h12H,3-6,9H2,1-2H3,(H,10,11). The van der Waals surface area contributed by atoms with Gasteiger partial charge in [-0.3, -0.25) is 10.0 Å². The summed E-state index contributed by atoms with van der Waals surface area (Å²) in [4.78, 5) is 10.7. The Balaban J connectivity index is 3.67. The van der Waals surface area contributed by atoms with E-state index in [4.69, 9.17) is 10.9 Å². The van der Waals surface area contributed by atoms with Gasteiger partial charge in [-0.2, -0.15) is 0 Å². The van der Waals surface area contributed by atoms with Crippen LogP contribution in [0.2, 0.25) is 0 Å². The van der Waals surface area contributed by atoms with Gasteiger partial charge in [-0.25, -0.2) is 5.48 Å². The lowest BCUT2D eigenvalue weighted by atomic mass is 9.84. The van der Waals surface area contributed by atoms with Gasteiger partial charge in [-0.05, 0) is 24.8 Å². The molecule has 4 N–H and O–H groups in total. The average Bonchev–Trinajstić information content (AvgIpc) is 2.00. The van der Waals surface area contributed by atoms with Crippen molar-refractivity contribution in [3.63, 3.8) is 0 Å². The summed E-state index contributed by atoms with van der Waals surface area (Å²) >= 11 is 0. The molecule has 0 aliphatic carbocycles. The van der Waals surface area contributed by atoms with Gasteiger partial charge in [0, 0.05) is 6.42 Å². The van der Waals surface area contributed by atoms with Gasteiger partial charge in [0.05, 0.1) is 0 Å². The number of carbonyl (C=O) groups excluding carboxylic acids is 1. The minimum atomic E-state index is -0.333. The summed E-state index contributed by atoms with van der Waals surface area (Å²) in [5, 5.41) is 8.24. The maximum absolute atomic E-state index is 10.7. The molecule has 1 amide bonds. The lowest BCUT2D eigenvalue weighted by molar-refractivity contribution is -0.129. The molecule has 0 atom stereocenters. The lowest BCUT2D eigenvalue weighted by Gasteiger charge is -2.22. The first-order valence-corrected chi connectivity index (χ1v) is 4.15. The molecule has 0 heterocycles. The van der Waals surface area contributed by atoms with Crippen LogP contribution in [-0.2, 0) is 4.79 Å². The minimum Gasteiger partial charge on any atom is -0.330 e. The van der Waals surface area contributed by atoms with Crippen molar-refractivity contribution in [2.45, 2.75) is 33.1 Å². The highest BCUT2D eigenvalue weighted by atomic mass is 16.5. The molecule has 0 aromatic carbocycles. The van der Waals surface area contributed by atoms with E-state index in [1.54, 1.807) is 5.48 Å². The predicted octanol–water partition coefficient (Wildman–Crippen LogP) is 0.647. The van der Waals surface area contributed by atoms with Gasteiger partial charge in [-0.1, -0.05) is 13.8 Å². The van der Waals surface area contributed by atoms with Crippen LogP contribution in [0.1, 0.15) is 33.1 Å². The third kappa shape index (κ3) is 5.09. The molecule has 0 bridgehead atoms. The first-order chi connectivity index (χ1) is 5.52. The van der Waals surface area contributed by atoms with Crippen molar-refractivity contribution in [3.8, 4) is 0 Å². The molecule has 0 rings (SSSR count). The Hall–Kier alpha value is -0.610. The fourth-order valence-corrected chi connectivity index (χ4v) is 1.02. The molecule has 0 radical (unpaired) electrons.